The molecule has 0 fully saturated rings. The van der Waals surface area contributed by atoms with Crippen molar-refractivity contribution in [3.8, 4) is 17.1 Å². The van der Waals surface area contributed by atoms with Crippen molar-refractivity contribution in [3.05, 3.63) is 53.6 Å². The Kier molecular flexibility index (Phi) is 6.20. The first kappa shape index (κ1) is 19.1. The zero-order valence-electron chi connectivity index (χ0n) is 14.6. The molecule has 0 radical (unpaired) electrons. The number of nitrogens with two attached hydrogens (primary N) is 1. The largest absolute Gasteiger partial charge is 0.494 e. The summed E-state index contributed by atoms with van der Waals surface area (Å²) < 4.78 is 6.70. The summed E-state index contributed by atoms with van der Waals surface area (Å²) >= 11 is 7.36. The first-order valence-electron chi connectivity index (χ1n) is 8.19. The van der Waals surface area contributed by atoms with Crippen molar-refractivity contribution in [2.45, 2.75) is 12.1 Å². The quantitative estimate of drug-likeness (QED) is 0.463. The summed E-state index contributed by atoms with van der Waals surface area (Å²) in [5.74, 6) is 7.22. The van der Waals surface area contributed by atoms with E-state index in [2.05, 4.69) is 15.5 Å². The van der Waals surface area contributed by atoms with Gasteiger partial charge in [-0.05, 0) is 43.3 Å². The highest BCUT2D eigenvalue weighted by atomic mass is 35.5. The van der Waals surface area contributed by atoms with Crippen molar-refractivity contribution >= 4 is 35.0 Å². The molecule has 1 aromatic heterocycles. The second kappa shape index (κ2) is 8.79. The lowest BCUT2D eigenvalue weighted by atomic mass is 10.2. The molecule has 2 aromatic carbocycles. The van der Waals surface area contributed by atoms with Crippen molar-refractivity contribution in [2.24, 2.45) is 0 Å². The third-order valence-electron chi connectivity index (χ3n) is 3.56. The number of nitrogens with one attached hydrogen (secondary N) is 1. The maximum absolute atomic E-state index is 12.2. The Labute approximate surface area is 165 Å². The van der Waals surface area contributed by atoms with Crippen LogP contribution in [0, 0.1) is 0 Å². The summed E-state index contributed by atoms with van der Waals surface area (Å²) in [6, 6.07) is 14.4. The molecule has 3 N–H and O–H groups in total. The highest BCUT2D eigenvalue weighted by Gasteiger charge is 2.15. The fourth-order valence-electron chi connectivity index (χ4n) is 2.33. The third kappa shape index (κ3) is 4.72. The first-order chi connectivity index (χ1) is 13.1. The molecule has 1 amide bonds. The molecule has 0 saturated heterocycles. The summed E-state index contributed by atoms with van der Waals surface area (Å²) in [7, 11) is 0. The van der Waals surface area contributed by atoms with Crippen LogP contribution in [0.4, 0.5) is 5.69 Å². The van der Waals surface area contributed by atoms with Gasteiger partial charge in [0, 0.05) is 11.3 Å². The topological polar surface area (TPSA) is 95.1 Å². The molecule has 0 atom stereocenters. The smallest absolute Gasteiger partial charge is 0.234 e. The Morgan fingerprint density at radius 2 is 1.96 bits per heavy atom. The van der Waals surface area contributed by atoms with Gasteiger partial charge in [0.15, 0.2) is 5.82 Å². The maximum atomic E-state index is 12.2. The maximum Gasteiger partial charge on any atom is 0.234 e. The average Bonchev–Trinajstić information content (AvgIpc) is 3.03. The lowest BCUT2D eigenvalue weighted by molar-refractivity contribution is -0.113. The number of aromatic nitrogens is 3. The number of anilines is 1. The molecule has 0 aliphatic heterocycles. The van der Waals surface area contributed by atoms with Crippen LogP contribution in [0.5, 0.6) is 5.75 Å². The molecule has 27 heavy (non-hydrogen) atoms. The van der Waals surface area contributed by atoms with Gasteiger partial charge in [0.1, 0.15) is 5.75 Å². The van der Waals surface area contributed by atoms with Crippen molar-refractivity contribution in [1.82, 2.24) is 14.9 Å². The van der Waals surface area contributed by atoms with E-state index in [1.54, 1.807) is 30.3 Å². The van der Waals surface area contributed by atoms with Gasteiger partial charge in [-0.3, -0.25) is 4.79 Å². The molecular formula is C18H18ClN5O2S. The summed E-state index contributed by atoms with van der Waals surface area (Å²) in [5.41, 5.74) is 1.37. The molecule has 0 aliphatic carbocycles. The third-order valence-corrected chi connectivity index (χ3v) is 4.83. The number of ether oxygens (including phenoxy) is 1. The molecule has 9 heteroatoms. The summed E-state index contributed by atoms with van der Waals surface area (Å²) in [5, 5.41) is 11.9. The summed E-state index contributed by atoms with van der Waals surface area (Å²) in [6.45, 7) is 2.51. The molecule has 0 saturated carbocycles. The number of nitrogen functional groups attached to an aromatic ring is 1. The number of amides is 1. The number of hydrogen-bond donors (Lipinski definition) is 2. The SMILES string of the molecule is CCOc1ccc(NC(=O)CSc2nnc(-c3ccccc3Cl)n2N)cc1. The molecule has 7 nitrogen and oxygen atoms in total. The molecule has 0 aliphatic rings. The number of thioether (sulfide) groups is 1. The lowest BCUT2D eigenvalue weighted by Gasteiger charge is -2.07. The molecule has 3 rings (SSSR count). The van der Waals surface area contributed by atoms with E-state index in [1.807, 2.05) is 25.1 Å². The second-order valence-electron chi connectivity index (χ2n) is 5.45. The number of benzene rings is 2. The molecular weight excluding hydrogens is 386 g/mol. The fourth-order valence-corrected chi connectivity index (χ4v) is 3.21. The van der Waals surface area contributed by atoms with Crippen LogP contribution in [0.1, 0.15) is 6.92 Å². The van der Waals surface area contributed by atoms with E-state index in [0.29, 0.717) is 33.9 Å². The highest BCUT2D eigenvalue weighted by Crippen LogP contribution is 2.27. The number of carbonyl (C=O) groups excluding carboxylic acids is 1. The molecule has 140 valence electrons. The van der Waals surface area contributed by atoms with E-state index in [4.69, 9.17) is 22.2 Å². The van der Waals surface area contributed by atoms with Gasteiger partial charge in [-0.25, -0.2) is 4.68 Å². The molecule has 0 bridgehead atoms. The van der Waals surface area contributed by atoms with Gasteiger partial charge in [0.05, 0.1) is 17.4 Å². The van der Waals surface area contributed by atoms with Gasteiger partial charge in [-0.15, -0.1) is 10.2 Å². The lowest BCUT2D eigenvalue weighted by Crippen LogP contribution is -2.16. The van der Waals surface area contributed by atoms with Gasteiger partial charge in [-0.1, -0.05) is 35.5 Å². The fraction of sp³-hybridized carbons (Fsp3) is 0.167. The van der Waals surface area contributed by atoms with Gasteiger partial charge in [0.25, 0.3) is 0 Å². The zero-order chi connectivity index (χ0) is 19.2. The number of hydrogen-bond acceptors (Lipinski definition) is 6. The Bertz CT molecular complexity index is 930. The van der Waals surface area contributed by atoms with E-state index < -0.39 is 0 Å². The molecule has 0 unspecified atom stereocenters. The van der Waals surface area contributed by atoms with Crippen molar-refractivity contribution in [2.75, 3.05) is 23.5 Å². The monoisotopic (exact) mass is 403 g/mol. The second-order valence-corrected chi connectivity index (χ2v) is 6.80. The average molecular weight is 404 g/mol. The predicted molar refractivity (Wildman–Crippen MR) is 108 cm³/mol. The Balaban J connectivity index is 1.60. The van der Waals surface area contributed by atoms with Crippen molar-refractivity contribution < 1.29 is 9.53 Å². The van der Waals surface area contributed by atoms with E-state index in [9.17, 15) is 4.79 Å². The van der Waals surface area contributed by atoms with E-state index in [0.717, 1.165) is 5.75 Å². The van der Waals surface area contributed by atoms with Crippen LogP contribution in [-0.4, -0.2) is 33.1 Å². The number of rotatable bonds is 7. The van der Waals surface area contributed by atoms with Crippen LogP contribution in [-0.2, 0) is 4.79 Å². The Hall–Kier alpha value is -2.71. The van der Waals surface area contributed by atoms with Gasteiger partial charge in [-0.2, -0.15) is 0 Å². The van der Waals surface area contributed by atoms with Crippen LogP contribution in [0.2, 0.25) is 5.02 Å². The summed E-state index contributed by atoms with van der Waals surface area (Å²) in [4.78, 5) is 12.2. The van der Waals surface area contributed by atoms with Crippen LogP contribution >= 0.6 is 23.4 Å². The molecule has 0 spiro atoms. The highest BCUT2D eigenvalue weighted by molar-refractivity contribution is 7.99. The molecule has 3 aromatic rings. The minimum Gasteiger partial charge on any atom is -0.494 e. The number of nitrogens with zero attached hydrogens (tertiary/aromatic N) is 3. The van der Waals surface area contributed by atoms with Crippen LogP contribution in [0.3, 0.4) is 0 Å². The van der Waals surface area contributed by atoms with Gasteiger partial charge in [0.2, 0.25) is 11.1 Å². The predicted octanol–water partition coefficient (Wildman–Crippen LogP) is 3.44. The normalized spacial score (nSPS) is 10.6. The minimum absolute atomic E-state index is 0.144. The Morgan fingerprint density at radius 1 is 1.22 bits per heavy atom. The van der Waals surface area contributed by atoms with Crippen LogP contribution in [0.25, 0.3) is 11.4 Å². The van der Waals surface area contributed by atoms with Crippen molar-refractivity contribution in [3.63, 3.8) is 0 Å². The first-order valence-corrected chi connectivity index (χ1v) is 9.55. The van der Waals surface area contributed by atoms with Gasteiger partial charge >= 0.3 is 0 Å². The number of carbonyl (C=O) groups is 1. The van der Waals surface area contributed by atoms with Crippen LogP contribution in [0.15, 0.2) is 53.7 Å². The van der Waals surface area contributed by atoms with E-state index in [-0.39, 0.29) is 11.7 Å². The van der Waals surface area contributed by atoms with Crippen molar-refractivity contribution in [1.29, 1.82) is 0 Å². The van der Waals surface area contributed by atoms with Crippen LogP contribution < -0.4 is 15.9 Å². The Morgan fingerprint density at radius 3 is 2.67 bits per heavy atom. The zero-order valence-corrected chi connectivity index (χ0v) is 16.1. The molecule has 1 heterocycles. The van der Waals surface area contributed by atoms with E-state index >= 15 is 0 Å². The standard InChI is InChI=1S/C18H18ClN5O2S/c1-2-26-13-9-7-12(8-10-13)21-16(25)11-27-18-23-22-17(24(18)20)14-5-3-4-6-15(14)19/h3-10H,2,11,20H2,1H3,(H,21,25). The number of halogens is 1. The van der Waals surface area contributed by atoms with E-state index in [1.165, 1.54) is 16.4 Å². The minimum atomic E-state index is -0.175. The summed E-state index contributed by atoms with van der Waals surface area (Å²) in [6.07, 6.45) is 0. The van der Waals surface area contributed by atoms with Gasteiger partial charge < -0.3 is 15.9 Å².